The lowest BCUT2D eigenvalue weighted by atomic mass is 9.80. The van der Waals surface area contributed by atoms with E-state index in [1.165, 1.54) is 6.42 Å². The number of hydrogen-bond acceptors (Lipinski definition) is 4. The first kappa shape index (κ1) is 11.2. The SMILES string of the molecule is COC1(CNc2nc(C)ccc2N)CCC1. The van der Waals surface area contributed by atoms with Gasteiger partial charge in [0, 0.05) is 19.3 Å². The zero-order chi connectivity index (χ0) is 11.6. The maximum Gasteiger partial charge on any atom is 0.149 e. The summed E-state index contributed by atoms with van der Waals surface area (Å²) in [6.07, 6.45) is 3.47. The second kappa shape index (κ2) is 4.29. The van der Waals surface area contributed by atoms with E-state index in [0.29, 0.717) is 5.69 Å². The Morgan fingerprint density at radius 2 is 2.25 bits per heavy atom. The van der Waals surface area contributed by atoms with Crippen LogP contribution >= 0.6 is 0 Å². The van der Waals surface area contributed by atoms with E-state index in [0.717, 1.165) is 30.9 Å². The van der Waals surface area contributed by atoms with Crippen molar-refractivity contribution in [2.45, 2.75) is 31.8 Å². The topological polar surface area (TPSA) is 60.2 Å². The van der Waals surface area contributed by atoms with Crippen LogP contribution in [0.5, 0.6) is 0 Å². The van der Waals surface area contributed by atoms with E-state index < -0.39 is 0 Å². The van der Waals surface area contributed by atoms with Crippen LogP contribution in [0, 0.1) is 6.92 Å². The van der Waals surface area contributed by atoms with Crippen molar-refractivity contribution in [3.63, 3.8) is 0 Å². The van der Waals surface area contributed by atoms with Crippen LogP contribution in [0.25, 0.3) is 0 Å². The molecule has 0 amide bonds. The number of methoxy groups -OCH3 is 1. The van der Waals surface area contributed by atoms with Crippen molar-refractivity contribution in [1.82, 2.24) is 4.98 Å². The number of nitrogens with zero attached hydrogens (tertiary/aromatic N) is 1. The van der Waals surface area contributed by atoms with Crippen LogP contribution in [0.4, 0.5) is 11.5 Å². The summed E-state index contributed by atoms with van der Waals surface area (Å²) in [4.78, 5) is 4.38. The van der Waals surface area contributed by atoms with Gasteiger partial charge >= 0.3 is 0 Å². The molecular formula is C12H19N3O. The van der Waals surface area contributed by atoms with E-state index in [4.69, 9.17) is 10.5 Å². The maximum atomic E-state index is 5.85. The predicted molar refractivity (Wildman–Crippen MR) is 65.5 cm³/mol. The van der Waals surface area contributed by atoms with E-state index in [-0.39, 0.29) is 5.60 Å². The number of nitrogens with two attached hydrogens (primary N) is 1. The molecule has 0 atom stereocenters. The summed E-state index contributed by atoms with van der Waals surface area (Å²) in [5, 5.41) is 3.29. The molecule has 1 aromatic heterocycles. The Balaban J connectivity index is 2.01. The molecule has 1 saturated carbocycles. The summed E-state index contributed by atoms with van der Waals surface area (Å²) in [6, 6.07) is 3.79. The third-order valence-corrected chi connectivity index (χ3v) is 3.34. The summed E-state index contributed by atoms with van der Waals surface area (Å²) >= 11 is 0. The molecule has 0 radical (unpaired) electrons. The number of nitrogen functional groups attached to an aromatic ring is 1. The van der Waals surface area contributed by atoms with Gasteiger partial charge in [-0.15, -0.1) is 0 Å². The van der Waals surface area contributed by atoms with Crippen LogP contribution in [-0.4, -0.2) is 24.2 Å². The molecule has 1 aromatic rings. The lowest BCUT2D eigenvalue weighted by Gasteiger charge is -2.40. The Morgan fingerprint density at radius 3 is 2.81 bits per heavy atom. The number of nitrogens with one attached hydrogen (secondary N) is 1. The highest BCUT2D eigenvalue weighted by molar-refractivity contribution is 5.61. The van der Waals surface area contributed by atoms with Gasteiger partial charge in [-0.25, -0.2) is 4.98 Å². The second-order valence-electron chi connectivity index (χ2n) is 4.48. The molecular weight excluding hydrogens is 202 g/mol. The molecule has 4 nitrogen and oxygen atoms in total. The molecule has 2 rings (SSSR count). The summed E-state index contributed by atoms with van der Waals surface area (Å²) in [6.45, 7) is 2.74. The molecule has 1 aliphatic carbocycles. The minimum Gasteiger partial charge on any atom is -0.396 e. The Labute approximate surface area is 96.2 Å². The van der Waals surface area contributed by atoms with E-state index in [2.05, 4.69) is 10.3 Å². The van der Waals surface area contributed by atoms with Gasteiger partial charge in [0.15, 0.2) is 0 Å². The van der Waals surface area contributed by atoms with Gasteiger partial charge in [-0.1, -0.05) is 0 Å². The van der Waals surface area contributed by atoms with E-state index in [9.17, 15) is 0 Å². The van der Waals surface area contributed by atoms with Gasteiger partial charge < -0.3 is 15.8 Å². The zero-order valence-electron chi connectivity index (χ0n) is 9.92. The van der Waals surface area contributed by atoms with Gasteiger partial charge in [0.05, 0.1) is 11.3 Å². The first-order valence-electron chi connectivity index (χ1n) is 5.67. The van der Waals surface area contributed by atoms with Crippen LogP contribution in [0.2, 0.25) is 0 Å². The lowest BCUT2D eigenvalue weighted by Crippen LogP contribution is -2.45. The predicted octanol–water partition coefficient (Wildman–Crippen LogP) is 1.95. The number of rotatable bonds is 4. The molecule has 1 fully saturated rings. The summed E-state index contributed by atoms with van der Waals surface area (Å²) in [5.41, 5.74) is 7.51. The van der Waals surface area contributed by atoms with Crippen LogP contribution in [0.3, 0.4) is 0 Å². The van der Waals surface area contributed by atoms with Gasteiger partial charge in [0.1, 0.15) is 5.82 Å². The van der Waals surface area contributed by atoms with Gasteiger partial charge in [-0.3, -0.25) is 0 Å². The van der Waals surface area contributed by atoms with Crippen LogP contribution in [0.1, 0.15) is 25.0 Å². The fourth-order valence-electron chi connectivity index (χ4n) is 1.98. The van der Waals surface area contributed by atoms with Crippen molar-refractivity contribution in [2.75, 3.05) is 24.7 Å². The van der Waals surface area contributed by atoms with Crippen molar-refractivity contribution in [1.29, 1.82) is 0 Å². The Morgan fingerprint density at radius 1 is 1.50 bits per heavy atom. The third-order valence-electron chi connectivity index (χ3n) is 3.34. The molecule has 3 N–H and O–H groups in total. The normalized spacial score (nSPS) is 17.9. The van der Waals surface area contributed by atoms with E-state index >= 15 is 0 Å². The summed E-state index contributed by atoms with van der Waals surface area (Å²) in [5.74, 6) is 0.767. The molecule has 0 aliphatic heterocycles. The fourth-order valence-corrected chi connectivity index (χ4v) is 1.98. The number of anilines is 2. The standard InChI is InChI=1S/C12H19N3O/c1-9-4-5-10(13)11(15-9)14-8-12(16-2)6-3-7-12/h4-5H,3,6-8,13H2,1-2H3,(H,14,15). The average molecular weight is 221 g/mol. The highest BCUT2D eigenvalue weighted by Crippen LogP contribution is 2.35. The molecule has 1 heterocycles. The number of pyridine rings is 1. The Kier molecular flexibility index (Phi) is 3.01. The van der Waals surface area contributed by atoms with Crippen molar-refractivity contribution >= 4 is 11.5 Å². The first-order valence-corrected chi connectivity index (χ1v) is 5.67. The average Bonchev–Trinajstić information content (AvgIpc) is 2.22. The Hall–Kier alpha value is -1.29. The van der Waals surface area contributed by atoms with Crippen molar-refractivity contribution in [2.24, 2.45) is 0 Å². The second-order valence-corrected chi connectivity index (χ2v) is 4.48. The molecule has 88 valence electrons. The van der Waals surface area contributed by atoms with Gasteiger partial charge in [-0.05, 0) is 38.3 Å². The quantitative estimate of drug-likeness (QED) is 0.816. The highest BCUT2D eigenvalue weighted by Gasteiger charge is 2.36. The first-order chi connectivity index (χ1) is 7.65. The maximum absolute atomic E-state index is 5.85. The van der Waals surface area contributed by atoms with Crippen molar-refractivity contribution in [3.05, 3.63) is 17.8 Å². The van der Waals surface area contributed by atoms with Crippen LogP contribution in [-0.2, 0) is 4.74 Å². The van der Waals surface area contributed by atoms with Crippen LogP contribution in [0.15, 0.2) is 12.1 Å². The van der Waals surface area contributed by atoms with Gasteiger partial charge in [0.25, 0.3) is 0 Å². The molecule has 0 bridgehead atoms. The molecule has 4 heteroatoms. The lowest BCUT2D eigenvalue weighted by molar-refractivity contribution is -0.0601. The third kappa shape index (κ3) is 2.11. The number of ether oxygens (including phenoxy) is 1. The summed E-state index contributed by atoms with van der Waals surface area (Å²) < 4.78 is 5.53. The van der Waals surface area contributed by atoms with Crippen LogP contribution < -0.4 is 11.1 Å². The monoisotopic (exact) mass is 221 g/mol. The smallest absolute Gasteiger partial charge is 0.149 e. The molecule has 16 heavy (non-hydrogen) atoms. The number of aromatic nitrogens is 1. The molecule has 0 spiro atoms. The number of hydrogen-bond donors (Lipinski definition) is 2. The van der Waals surface area contributed by atoms with E-state index in [1.807, 2.05) is 19.1 Å². The van der Waals surface area contributed by atoms with Gasteiger partial charge in [0.2, 0.25) is 0 Å². The minimum absolute atomic E-state index is 0.00212. The highest BCUT2D eigenvalue weighted by atomic mass is 16.5. The zero-order valence-corrected chi connectivity index (χ0v) is 9.92. The van der Waals surface area contributed by atoms with Gasteiger partial charge in [-0.2, -0.15) is 0 Å². The molecule has 1 aliphatic rings. The number of aryl methyl sites for hydroxylation is 1. The fraction of sp³-hybridized carbons (Fsp3) is 0.583. The Bertz CT molecular complexity index is 369. The molecule has 0 aromatic carbocycles. The largest absolute Gasteiger partial charge is 0.396 e. The molecule has 0 saturated heterocycles. The summed E-state index contributed by atoms with van der Waals surface area (Å²) in [7, 11) is 1.77. The molecule has 0 unspecified atom stereocenters. The van der Waals surface area contributed by atoms with E-state index in [1.54, 1.807) is 7.11 Å². The van der Waals surface area contributed by atoms with Crippen molar-refractivity contribution in [3.8, 4) is 0 Å². The minimum atomic E-state index is -0.00212. The van der Waals surface area contributed by atoms with Crippen molar-refractivity contribution < 1.29 is 4.74 Å².